The molecule has 1 atom stereocenters. The van der Waals surface area contributed by atoms with Crippen molar-refractivity contribution < 1.29 is 4.79 Å². The van der Waals surface area contributed by atoms with Crippen LogP contribution in [0, 0.1) is 0 Å². The highest BCUT2D eigenvalue weighted by atomic mass is 16.1. The maximum absolute atomic E-state index is 11.8. The molecule has 0 bridgehead atoms. The molecule has 1 aromatic rings. The summed E-state index contributed by atoms with van der Waals surface area (Å²) >= 11 is 0. The van der Waals surface area contributed by atoms with Crippen molar-refractivity contribution in [3.05, 3.63) is 35.9 Å². The van der Waals surface area contributed by atoms with Crippen LogP contribution in [0.5, 0.6) is 0 Å². The van der Waals surface area contributed by atoms with E-state index in [1.54, 1.807) is 0 Å². The standard InChI is InChI=1S/C17H29N3O/c1-3-20(4-2)13-9-8-12-19-17(21)14-16(18)15-10-6-5-7-11-15/h5-7,10-11,16H,3-4,8-9,12-14,18H2,1-2H3,(H,19,21). The number of nitrogens with zero attached hydrogens (tertiary/aromatic N) is 1. The zero-order valence-electron chi connectivity index (χ0n) is 13.3. The highest BCUT2D eigenvalue weighted by Gasteiger charge is 2.10. The average molecular weight is 291 g/mol. The van der Waals surface area contributed by atoms with Crippen LogP contribution < -0.4 is 11.1 Å². The predicted molar refractivity (Wildman–Crippen MR) is 88.0 cm³/mol. The van der Waals surface area contributed by atoms with Crippen LogP contribution in [0.4, 0.5) is 0 Å². The Labute approximate surface area is 128 Å². The SMILES string of the molecule is CCN(CC)CCCCNC(=O)CC(N)c1ccccc1. The number of hydrogen-bond donors (Lipinski definition) is 2. The molecular formula is C17H29N3O. The van der Waals surface area contributed by atoms with Gasteiger partial charge in [-0.25, -0.2) is 0 Å². The number of nitrogens with one attached hydrogen (secondary N) is 1. The van der Waals surface area contributed by atoms with Crippen molar-refractivity contribution in [2.75, 3.05) is 26.2 Å². The van der Waals surface area contributed by atoms with Gasteiger partial charge in [-0.2, -0.15) is 0 Å². The van der Waals surface area contributed by atoms with Gasteiger partial charge in [0, 0.05) is 19.0 Å². The van der Waals surface area contributed by atoms with E-state index >= 15 is 0 Å². The Bertz CT molecular complexity index is 390. The zero-order valence-corrected chi connectivity index (χ0v) is 13.3. The zero-order chi connectivity index (χ0) is 15.5. The third-order valence-corrected chi connectivity index (χ3v) is 3.75. The maximum Gasteiger partial charge on any atom is 0.221 e. The van der Waals surface area contributed by atoms with Crippen molar-refractivity contribution in [2.45, 2.75) is 39.2 Å². The molecule has 0 fully saturated rings. The topological polar surface area (TPSA) is 58.4 Å². The summed E-state index contributed by atoms with van der Waals surface area (Å²) in [6.07, 6.45) is 2.48. The van der Waals surface area contributed by atoms with Crippen LogP contribution in [-0.4, -0.2) is 37.0 Å². The van der Waals surface area contributed by atoms with Crippen molar-refractivity contribution in [1.29, 1.82) is 0 Å². The van der Waals surface area contributed by atoms with Crippen LogP contribution in [0.25, 0.3) is 0 Å². The lowest BCUT2D eigenvalue weighted by atomic mass is 10.0. The van der Waals surface area contributed by atoms with Crippen molar-refractivity contribution in [2.24, 2.45) is 5.73 Å². The Hall–Kier alpha value is -1.39. The van der Waals surface area contributed by atoms with Gasteiger partial charge in [-0.1, -0.05) is 44.2 Å². The molecule has 21 heavy (non-hydrogen) atoms. The first kappa shape index (κ1) is 17.7. The van der Waals surface area contributed by atoms with E-state index in [0.29, 0.717) is 6.42 Å². The first-order valence-corrected chi connectivity index (χ1v) is 7.97. The van der Waals surface area contributed by atoms with Gasteiger partial charge in [-0.3, -0.25) is 4.79 Å². The van der Waals surface area contributed by atoms with Crippen molar-refractivity contribution in [3.63, 3.8) is 0 Å². The second-order valence-corrected chi connectivity index (χ2v) is 5.31. The molecule has 0 saturated heterocycles. The van der Waals surface area contributed by atoms with Gasteiger partial charge in [-0.05, 0) is 38.0 Å². The molecule has 0 spiro atoms. The van der Waals surface area contributed by atoms with Gasteiger partial charge in [0.05, 0.1) is 0 Å². The first-order chi connectivity index (χ1) is 10.2. The normalized spacial score (nSPS) is 12.4. The van der Waals surface area contributed by atoms with E-state index < -0.39 is 0 Å². The Morgan fingerprint density at radius 1 is 1.19 bits per heavy atom. The molecule has 0 aliphatic rings. The van der Waals surface area contributed by atoms with Crippen LogP contribution in [0.3, 0.4) is 0 Å². The summed E-state index contributed by atoms with van der Waals surface area (Å²) in [6.45, 7) is 8.38. The second kappa shape index (κ2) is 10.4. The van der Waals surface area contributed by atoms with E-state index in [-0.39, 0.29) is 11.9 Å². The number of unbranched alkanes of at least 4 members (excludes halogenated alkanes) is 1. The lowest BCUT2D eigenvalue weighted by Gasteiger charge is -2.17. The highest BCUT2D eigenvalue weighted by Crippen LogP contribution is 2.12. The highest BCUT2D eigenvalue weighted by molar-refractivity contribution is 5.76. The molecule has 1 aromatic carbocycles. The predicted octanol–water partition coefficient (Wildman–Crippen LogP) is 2.31. The molecule has 0 heterocycles. The van der Waals surface area contributed by atoms with E-state index in [1.165, 1.54) is 0 Å². The summed E-state index contributed by atoms with van der Waals surface area (Å²) in [7, 11) is 0. The van der Waals surface area contributed by atoms with Gasteiger partial charge in [-0.15, -0.1) is 0 Å². The molecule has 1 rings (SSSR count). The van der Waals surface area contributed by atoms with Crippen LogP contribution in [0.2, 0.25) is 0 Å². The average Bonchev–Trinajstić information content (AvgIpc) is 2.51. The summed E-state index contributed by atoms with van der Waals surface area (Å²) in [6, 6.07) is 9.54. The monoisotopic (exact) mass is 291 g/mol. The van der Waals surface area contributed by atoms with Gasteiger partial charge in [0.25, 0.3) is 0 Å². The van der Waals surface area contributed by atoms with E-state index in [1.807, 2.05) is 30.3 Å². The molecule has 4 heteroatoms. The van der Waals surface area contributed by atoms with E-state index in [2.05, 4.69) is 24.1 Å². The van der Waals surface area contributed by atoms with Gasteiger partial charge in [0.1, 0.15) is 0 Å². The third kappa shape index (κ3) is 7.25. The fourth-order valence-corrected chi connectivity index (χ4v) is 2.32. The van der Waals surface area contributed by atoms with Crippen molar-refractivity contribution >= 4 is 5.91 Å². The second-order valence-electron chi connectivity index (χ2n) is 5.31. The number of hydrogen-bond acceptors (Lipinski definition) is 3. The minimum Gasteiger partial charge on any atom is -0.356 e. The molecule has 1 unspecified atom stereocenters. The molecule has 0 aliphatic heterocycles. The summed E-state index contributed by atoms with van der Waals surface area (Å²) in [5.41, 5.74) is 7.04. The van der Waals surface area contributed by atoms with E-state index in [0.717, 1.165) is 44.6 Å². The molecule has 3 N–H and O–H groups in total. The first-order valence-electron chi connectivity index (χ1n) is 7.97. The Kier molecular flexibility index (Phi) is 8.71. The van der Waals surface area contributed by atoms with E-state index in [9.17, 15) is 4.79 Å². The molecule has 4 nitrogen and oxygen atoms in total. The fraction of sp³-hybridized carbons (Fsp3) is 0.588. The number of rotatable bonds is 10. The number of carbonyl (C=O) groups excluding carboxylic acids is 1. The molecule has 0 saturated carbocycles. The van der Waals surface area contributed by atoms with Gasteiger partial charge in [0.15, 0.2) is 0 Å². The van der Waals surface area contributed by atoms with Crippen LogP contribution in [0.1, 0.15) is 44.7 Å². The minimum atomic E-state index is -0.220. The lowest BCUT2D eigenvalue weighted by Crippen LogP contribution is -2.29. The largest absolute Gasteiger partial charge is 0.356 e. The van der Waals surface area contributed by atoms with Crippen molar-refractivity contribution in [1.82, 2.24) is 10.2 Å². The molecule has 0 aliphatic carbocycles. The summed E-state index contributed by atoms with van der Waals surface area (Å²) < 4.78 is 0. The molecule has 118 valence electrons. The van der Waals surface area contributed by atoms with Crippen LogP contribution >= 0.6 is 0 Å². The summed E-state index contributed by atoms with van der Waals surface area (Å²) in [5.74, 6) is 0.0363. The van der Waals surface area contributed by atoms with Gasteiger partial charge < -0.3 is 16.0 Å². The quantitative estimate of drug-likeness (QED) is 0.650. The molecule has 0 aromatic heterocycles. The van der Waals surface area contributed by atoms with E-state index in [4.69, 9.17) is 5.73 Å². The summed E-state index contributed by atoms with van der Waals surface area (Å²) in [4.78, 5) is 14.2. The Morgan fingerprint density at radius 2 is 1.86 bits per heavy atom. The molecule has 0 radical (unpaired) electrons. The van der Waals surface area contributed by atoms with Crippen LogP contribution in [0.15, 0.2) is 30.3 Å². The van der Waals surface area contributed by atoms with Crippen LogP contribution in [-0.2, 0) is 4.79 Å². The third-order valence-electron chi connectivity index (χ3n) is 3.75. The number of benzene rings is 1. The van der Waals surface area contributed by atoms with Gasteiger partial charge >= 0.3 is 0 Å². The Balaban J connectivity index is 2.14. The number of nitrogens with two attached hydrogens (primary N) is 1. The number of amides is 1. The number of carbonyl (C=O) groups is 1. The van der Waals surface area contributed by atoms with Gasteiger partial charge in [0.2, 0.25) is 5.91 Å². The van der Waals surface area contributed by atoms with Crippen molar-refractivity contribution in [3.8, 4) is 0 Å². The molecule has 1 amide bonds. The Morgan fingerprint density at radius 3 is 2.48 bits per heavy atom. The fourth-order valence-electron chi connectivity index (χ4n) is 2.32. The lowest BCUT2D eigenvalue weighted by molar-refractivity contribution is -0.121. The summed E-state index contributed by atoms with van der Waals surface area (Å²) in [5, 5.41) is 2.96. The maximum atomic E-state index is 11.8. The molecular weight excluding hydrogens is 262 g/mol. The minimum absolute atomic E-state index is 0.0363. The smallest absolute Gasteiger partial charge is 0.221 e.